The second-order valence-corrected chi connectivity index (χ2v) is 6.69. The van der Waals surface area contributed by atoms with Crippen molar-refractivity contribution in [2.24, 2.45) is 5.92 Å². The molecule has 1 heterocycles. The molecule has 1 N–H and O–H groups in total. The zero-order valence-electron chi connectivity index (χ0n) is 12.9. The zero-order chi connectivity index (χ0) is 13.9. The van der Waals surface area contributed by atoms with Gasteiger partial charge in [-0.1, -0.05) is 26.7 Å². The Labute approximate surface area is 122 Å². The molecule has 0 bridgehead atoms. The van der Waals surface area contributed by atoms with Crippen molar-refractivity contribution in [3.05, 3.63) is 17.6 Å². The number of nitrogens with zero attached hydrogens (tertiary/aromatic N) is 2. The number of rotatable bonds is 5. The van der Waals surface area contributed by atoms with Crippen molar-refractivity contribution < 1.29 is 0 Å². The summed E-state index contributed by atoms with van der Waals surface area (Å²) in [7, 11) is 0. The molecule has 0 aliphatic heterocycles. The second-order valence-electron chi connectivity index (χ2n) is 6.69. The molecule has 3 rings (SSSR count). The fourth-order valence-corrected chi connectivity index (χ4v) is 3.12. The quantitative estimate of drug-likeness (QED) is 0.860. The molecule has 0 radical (unpaired) electrons. The molecule has 2 saturated carbocycles. The fourth-order valence-electron chi connectivity index (χ4n) is 3.12. The monoisotopic (exact) mass is 273 g/mol. The van der Waals surface area contributed by atoms with Gasteiger partial charge in [0.05, 0.1) is 0 Å². The van der Waals surface area contributed by atoms with Gasteiger partial charge in [-0.3, -0.25) is 0 Å². The maximum Gasteiger partial charge on any atom is 0.134 e. The van der Waals surface area contributed by atoms with E-state index in [0.29, 0.717) is 11.8 Å². The Morgan fingerprint density at radius 2 is 1.75 bits per heavy atom. The summed E-state index contributed by atoms with van der Waals surface area (Å²) in [4.78, 5) is 9.71. The lowest BCUT2D eigenvalue weighted by Crippen LogP contribution is -2.15. The maximum atomic E-state index is 4.90. The Bertz CT molecular complexity index is 446. The van der Waals surface area contributed by atoms with Crippen molar-refractivity contribution in [2.45, 2.75) is 70.6 Å². The normalized spacial score (nSPS) is 26.5. The van der Waals surface area contributed by atoms with Crippen LogP contribution in [0.3, 0.4) is 0 Å². The van der Waals surface area contributed by atoms with Gasteiger partial charge in [-0.25, -0.2) is 9.97 Å². The zero-order valence-corrected chi connectivity index (χ0v) is 12.9. The summed E-state index contributed by atoms with van der Waals surface area (Å²) in [5, 5.41) is 3.45. The van der Waals surface area contributed by atoms with Crippen LogP contribution in [0.2, 0.25) is 0 Å². The number of hydrogen-bond donors (Lipinski definition) is 1. The Kier molecular flexibility index (Phi) is 4.23. The van der Waals surface area contributed by atoms with Gasteiger partial charge in [0.25, 0.3) is 0 Å². The molecular weight excluding hydrogens is 246 g/mol. The van der Waals surface area contributed by atoms with Crippen LogP contribution in [0.25, 0.3) is 0 Å². The van der Waals surface area contributed by atoms with E-state index in [1.807, 2.05) is 0 Å². The predicted octanol–water partition coefficient (Wildman–Crippen LogP) is 4.47. The smallest absolute Gasteiger partial charge is 0.134 e. The van der Waals surface area contributed by atoms with Gasteiger partial charge in [0, 0.05) is 30.1 Å². The molecule has 0 atom stereocenters. The first kappa shape index (κ1) is 13.8. The average molecular weight is 273 g/mol. The van der Waals surface area contributed by atoms with Crippen molar-refractivity contribution in [1.29, 1.82) is 0 Å². The van der Waals surface area contributed by atoms with Crippen LogP contribution in [-0.2, 0) is 0 Å². The summed E-state index contributed by atoms with van der Waals surface area (Å²) in [5.74, 6) is 4.35. The van der Waals surface area contributed by atoms with Crippen molar-refractivity contribution in [2.75, 3.05) is 11.9 Å². The summed E-state index contributed by atoms with van der Waals surface area (Å²) in [6.45, 7) is 5.56. The number of hydrogen-bond acceptors (Lipinski definition) is 3. The summed E-state index contributed by atoms with van der Waals surface area (Å²) in [6.07, 6.45) is 8.96. The second kappa shape index (κ2) is 6.11. The lowest BCUT2D eigenvalue weighted by atomic mass is 9.82. The van der Waals surface area contributed by atoms with E-state index < -0.39 is 0 Å². The molecule has 1 aromatic rings. The maximum absolute atomic E-state index is 4.90. The summed E-state index contributed by atoms with van der Waals surface area (Å²) < 4.78 is 0. The van der Waals surface area contributed by atoms with E-state index in [0.717, 1.165) is 30.5 Å². The van der Waals surface area contributed by atoms with E-state index in [-0.39, 0.29) is 0 Å². The van der Waals surface area contributed by atoms with Crippen LogP contribution in [0.1, 0.15) is 82.1 Å². The van der Waals surface area contributed by atoms with Crippen molar-refractivity contribution in [3.63, 3.8) is 0 Å². The van der Waals surface area contributed by atoms with Gasteiger partial charge >= 0.3 is 0 Å². The van der Waals surface area contributed by atoms with E-state index in [1.165, 1.54) is 44.2 Å². The lowest BCUT2D eigenvalue weighted by molar-refractivity contribution is 0.339. The molecule has 2 aliphatic rings. The van der Waals surface area contributed by atoms with Gasteiger partial charge in [-0.2, -0.15) is 0 Å². The van der Waals surface area contributed by atoms with E-state index >= 15 is 0 Å². The molecule has 0 aromatic carbocycles. The molecule has 110 valence electrons. The third-order valence-corrected chi connectivity index (χ3v) is 4.70. The highest BCUT2D eigenvalue weighted by Gasteiger charge is 2.28. The number of aromatic nitrogens is 2. The third-order valence-electron chi connectivity index (χ3n) is 4.70. The molecule has 20 heavy (non-hydrogen) atoms. The molecule has 1 aromatic heterocycles. The minimum atomic E-state index is 0.590. The molecule has 3 heteroatoms. The van der Waals surface area contributed by atoms with Gasteiger partial charge in [-0.05, 0) is 38.0 Å². The SMILES string of the molecule is CCCNc1cc(C2CC2)nc(C2CCC(C)CC2)n1. The highest BCUT2D eigenvalue weighted by molar-refractivity contribution is 5.38. The Balaban J connectivity index is 1.79. The van der Waals surface area contributed by atoms with Crippen LogP contribution in [0.4, 0.5) is 5.82 Å². The highest BCUT2D eigenvalue weighted by atomic mass is 15.0. The Morgan fingerprint density at radius 1 is 1.05 bits per heavy atom. The largest absolute Gasteiger partial charge is 0.370 e. The molecule has 2 aliphatic carbocycles. The first-order chi connectivity index (χ1) is 9.76. The van der Waals surface area contributed by atoms with Gasteiger partial charge in [0.15, 0.2) is 0 Å². The van der Waals surface area contributed by atoms with Crippen molar-refractivity contribution in [1.82, 2.24) is 9.97 Å². The molecule has 2 fully saturated rings. The van der Waals surface area contributed by atoms with Crippen molar-refractivity contribution in [3.8, 4) is 0 Å². The Morgan fingerprint density at radius 3 is 2.40 bits per heavy atom. The minimum absolute atomic E-state index is 0.590. The van der Waals surface area contributed by atoms with Gasteiger partial charge in [0.1, 0.15) is 11.6 Å². The molecule has 0 spiro atoms. The predicted molar refractivity (Wildman–Crippen MR) is 83.2 cm³/mol. The van der Waals surface area contributed by atoms with E-state index in [2.05, 4.69) is 25.2 Å². The third kappa shape index (κ3) is 3.31. The van der Waals surface area contributed by atoms with Gasteiger partial charge in [-0.15, -0.1) is 0 Å². The molecule has 0 saturated heterocycles. The van der Waals surface area contributed by atoms with Crippen LogP contribution in [0, 0.1) is 5.92 Å². The van der Waals surface area contributed by atoms with Crippen LogP contribution in [0.5, 0.6) is 0 Å². The summed E-state index contributed by atoms with van der Waals surface area (Å²) in [6, 6.07) is 2.18. The topological polar surface area (TPSA) is 37.8 Å². The van der Waals surface area contributed by atoms with Crippen LogP contribution in [-0.4, -0.2) is 16.5 Å². The summed E-state index contributed by atoms with van der Waals surface area (Å²) in [5.41, 5.74) is 1.28. The van der Waals surface area contributed by atoms with E-state index in [9.17, 15) is 0 Å². The first-order valence-electron chi connectivity index (χ1n) is 8.39. The van der Waals surface area contributed by atoms with Gasteiger partial charge < -0.3 is 5.32 Å². The lowest BCUT2D eigenvalue weighted by Gasteiger charge is -2.25. The molecule has 0 amide bonds. The van der Waals surface area contributed by atoms with E-state index in [4.69, 9.17) is 9.97 Å². The van der Waals surface area contributed by atoms with Crippen LogP contribution in [0.15, 0.2) is 6.07 Å². The van der Waals surface area contributed by atoms with Crippen LogP contribution >= 0.6 is 0 Å². The number of anilines is 1. The standard InChI is InChI=1S/C17H27N3/c1-3-10-18-16-11-15(13-8-9-13)19-17(20-16)14-6-4-12(2)5-7-14/h11-14H,3-10H2,1-2H3,(H,18,19,20). The van der Waals surface area contributed by atoms with Crippen LogP contribution < -0.4 is 5.32 Å². The average Bonchev–Trinajstić information content (AvgIpc) is 3.30. The Hall–Kier alpha value is -1.12. The fraction of sp³-hybridized carbons (Fsp3) is 0.765. The minimum Gasteiger partial charge on any atom is -0.370 e. The number of nitrogens with one attached hydrogen (secondary N) is 1. The molecule has 3 nitrogen and oxygen atoms in total. The summed E-state index contributed by atoms with van der Waals surface area (Å²) >= 11 is 0. The molecular formula is C17H27N3. The molecule has 0 unspecified atom stereocenters. The first-order valence-corrected chi connectivity index (χ1v) is 8.39. The van der Waals surface area contributed by atoms with E-state index in [1.54, 1.807) is 0 Å². The van der Waals surface area contributed by atoms with Crippen molar-refractivity contribution >= 4 is 5.82 Å². The highest BCUT2D eigenvalue weighted by Crippen LogP contribution is 2.41. The van der Waals surface area contributed by atoms with Gasteiger partial charge in [0.2, 0.25) is 0 Å².